The zero-order chi connectivity index (χ0) is 11.5. The minimum atomic E-state index is 0. The molecule has 0 spiro atoms. The lowest BCUT2D eigenvalue weighted by Crippen LogP contribution is -2.26. The molecule has 0 radical (unpaired) electrons. The lowest BCUT2D eigenvalue weighted by molar-refractivity contribution is 0.839. The van der Waals surface area contributed by atoms with Gasteiger partial charge in [0.05, 0.1) is 0 Å². The van der Waals surface area contributed by atoms with Gasteiger partial charge in [-0.05, 0) is 17.7 Å². The Morgan fingerprint density at radius 2 is 1.89 bits per heavy atom. The summed E-state index contributed by atoms with van der Waals surface area (Å²) in [5.74, 6) is 1.08. The Bertz CT molecular complexity index is 537. The number of aromatic nitrogens is 1. The van der Waals surface area contributed by atoms with Gasteiger partial charge in [0.2, 0.25) is 0 Å². The van der Waals surface area contributed by atoms with Crippen LogP contribution in [0.25, 0.3) is 6.08 Å². The van der Waals surface area contributed by atoms with Crippen molar-refractivity contribution in [1.82, 2.24) is 4.98 Å². The van der Waals surface area contributed by atoms with E-state index in [1.54, 1.807) is 0 Å². The first-order chi connectivity index (χ1) is 8.43. The molecule has 1 aliphatic rings. The Morgan fingerprint density at radius 1 is 1.06 bits per heavy atom. The third-order valence-electron chi connectivity index (χ3n) is 2.96. The van der Waals surface area contributed by atoms with E-state index in [0.717, 1.165) is 18.9 Å². The molecular weight excluding hydrogens is 288 g/mol. The average molecular weight is 303 g/mol. The van der Waals surface area contributed by atoms with Crippen molar-refractivity contribution in [2.24, 2.45) is 0 Å². The zero-order valence-corrected chi connectivity index (χ0v) is 11.7. The van der Waals surface area contributed by atoms with E-state index >= 15 is 0 Å². The van der Waals surface area contributed by atoms with Crippen molar-refractivity contribution in [2.45, 2.75) is 6.54 Å². The van der Waals surface area contributed by atoms with Crippen LogP contribution >= 0.6 is 17.0 Å². The Morgan fingerprint density at radius 3 is 2.72 bits per heavy atom. The largest absolute Gasteiger partial charge is 0.348 e. The minimum absolute atomic E-state index is 0. The molecule has 1 aromatic carbocycles. The monoisotopic (exact) mass is 302 g/mol. The highest BCUT2D eigenvalue weighted by molar-refractivity contribution is 8.93. The van der Waals surface area contributed by atoms with Crippen LogP contribution in [0.2, 0.25) is 0 Å². The number of nitrogens with zero attached hydrogens (tertiary/aromatic N) is 2. The SMILES string of the molecule is Br.C1=Cc2cccnc2N(Cc2ccccc2)C1. The maximum atomic E-state index is 4.47. The summed E-state index contributed by atoms with van der Waals surface area (Å²) in [5, 5.41) is 0. The van der Waals surface area contributed by atoms with E-state index in [2.05, 4.69) is 52.4 Å². The van der Waals surface area contributed by atoms with Crippen LogP contribution in [0.5, 0.6) is 0 Å². The minimum Gasteiger partial charge on any atom is -0.348 e. The second kappa shape index (κ2) is 5.83. The summed E-state index contributed by atoms with van der Waals surface area (Å²) in [7, 11) is 0. The summed E-state index contributed by atoms with van der Waals surface area (Å²) < 4.78 is 0. The predicted molar refractivity (Wildman–Crippen MR) is 81.1 cm³/mol. The lowest BCUT2D eigenvalue weighted by Gasteiger charge is -2.26. The van der Waals surface area contributed by atoms with Crippen LogP contribution in [0.3, 0.4) is 0 Å². The first-order valence-electron chi connectivity index (χ1n) is 5.84. The van der Waals surface area contributed by atoms with Crippen LogP contribution in [0.1, 0.15) is 11.1 Å². The summed E-state index contributed by atoms with van der Waals surface area (Å²) >= 11 is 0. The van der Waals surface area contributed by atoms with Gasteiger partial charge < -0.3 is 4.90 Å². The molecule has 0 bridgehead atoms. The van der Waals surface area contributed by atoms with Crippen molar-refractivity contribution in [2.75, 3.05) is 11.4 Å². The predicted octanol–water partition coefficient (Wildman–Crippen LogP) is 3.69. The van der Waals surface area contributed by atoms with Crippen LogP contribution in [0, 0.1) is 0 Å². The molecule has 0 amide bonds. The fourth-order valence-corrected chi connectivity index (χ4v) is 2.14. The van der Waals surface area contributed by atoms with Crippen LogP contribution < -0.4 is 4.90 Å². The molecule has 0 saturated heterocycles. The number of hydrogen-bond acceptors (Lipinski definition) is 2. The molecule has 3 heteroatoms. The average Bonchev–Trinajstić information content (AvgIpc) is 2.40. The molecular formula is C15H15BrN2. The summed E-state index contributed by atoms with van der Waals surface area (Å²) in [6, 6.07) is 14.6. The van der Waals surface area contributed by atoms with E-state index in [1.807, 2.05) is 18.3 Å². The molecule has 3 rings (SSSR count). The summed E-state index contributed by atoms with van der Waals surface area (Å²) in [5.41, 5.74) is 2.52. The second-order valence-corrected chi connectivity index (χ2v) is 4.18. The molecule has 0 aliphatic carbocycles. The van der Waals surface area contributed by atoms with Gasteiger partial charge in [-0.25, -0.2) is 4.98 Å². The maximum Gasteiger partial charge on any atom is 0.136 e. The van der Waals surface area contributed by atoms with Crippen molar-refractivity contribution < 1.29 is 0 Å². The first-order valence-corrected chi connectivity index (χ1v) is 5.84. The molecule has 0 unspecified atom stereocenters. The number of benzene rings is 1. The molecule has 1 aromatic heterocycles. The number of fused-ring (bicyclic) bond motifs is 1. The van der Waals surface area contributed by atoms with Gasteiger partial charge in [-0.2, -0.15) is 0 Å². The summed E-state index contributed by atoms with van der Waals surface area (Å²) in [6.45, 7) is 1.84. The standard InChI is InChI=1S/C15H14N2.BrH/c1-2-6-13(7-3-1)12-17-11-5-9-14-8-4-10-16-15(14)17;/h1-10H,11-12H2;1H. The van der Waals surface area contributed by atoms with Gasteiger partial charge in [0.15, 0.2) is 0 Å². The number of hydrogen-bond donors (Lipinski definition) is 0. The zero-order valence-electron chi connectivity index (χ0n) is 9.99. The Hall–Kier alpha value is -1.61. The van der Waals surface area contributed by atoms with E-state index in [4.69, 9.17) is 0 Å². The van der Waals surface area contributed by atoms with Crippen molar-refractivity contribution >= 4 is 28.9 Å². The van der Waals surface area contributed by atoms with Gasteiger partial charge in [0.1, 0.15) is 5.82 Å². The molecule has 0 atom stereocenters. The van der Waals surface area contributed by atoms with Gasteiger partial charge >= 0.3 is 0 Å². The Kier molecular flexibility index (Phi) is 4.15. The van der Waals surface area contributed by atoms with Gasteiger partial charge in [0.25, 0.3) is 0 Å². The molecule has 0 fully saturated rings. The summed E-state index contributed by atoms with van der Waals surface area (Å²) in [6.07, 6.45) is 6.19. The molecule has 0 saturated carbocycles. The fourth-order valence-electron chi connectivity index (χ4n) is 2.14. The molecule has 0 N–H and O–H groups in total. The molecule has 2 aromatic rings. The highest BCUT2D eigenvalue weighted by atomic mass is 79.9. The Balaban J connectivity index is 0.00000120. The maximum absolute atomic E-state index is 4.47. The summed E-state index contributed by atoms with van der Waals surface area (Å²) in [4.78, 5) is 6.77. The van der Waals surface area contributed by atoms with Crippen molar-refractivity contribution in [1.29, 1.82) is 0 Å². The molecule has 92 valence electrons. The van der Waals surface area contributed by atoms with Gasteiger partial charge in [-0.1, -0.05) is 42.5 Å². The topological polar surface area (TPSA) is 16.1 Å². The van der Waals surface area contributed by atoms with Crippen molar-refractivity contribution in [3.05, 3.63) is 65.9 Å². The van der Waals surface area contributed by atoms with E-state index < -0.39 is 0 Å². The van der Waals surface area contributed by atoms with Gasteiger partial charge in [-0.3, -0.25) is 0 Å². The highest BCUT2D eigenvalue weighted by Gasteiger charge is 2.13. The number of halogens is 1. The first kappa shape index (κ1) is 12.8. The lowest BCUT2D eigenvalue weighted by atomic mass is 10.1. The second-order valence-electron chi connectivity index (χ2n) is 4.18. The van der Waals surface area contributed by atoms with Crippen LogP contribution in [0.4, 0.5) is 5.82 Å². The molecule has 1 aliphatic heterocycles. The number of anilines is 1. The highest BCUT2D eigenvalue weighted by Crippen LogP contribution is 2.24. The Labute approximate surface area is 118 Å². The van der Waals surface area contributed by atoms with Gasteiger partial charge in [-0.15, -0.1) is 17.0 Å². The molecule has 2 nitrogen and oxygen atoms in total. The molecule has 18 heavy (non-hydrogen) atoms. The van der Waals surface area contributed by atoms with Crippen molar-refractivity contribution in [3.63, 3.8) is 0 Å². The van der Waals surface area contributed by atoms with Gasteiger partial charge in [0, 0.05) is 24.8 Å². The fraction of sp³-hybridized carbons (Fsp3) is 0.133. The van der Waals surface area contributed by atoms with Crippen LogP contribution in [-0.2, 0) is 6.54 Å². The molecule has 2 heterocycles. The number of pyridine rings is 1. The normalized spacial score (nSPS) is 12.8. The van der Waals surface area contributed by atoms with E-state index in [-0.39, 0.29) is 17.0 Å². The smallest absolute Gasteiger partial charge is 0.136 e. The number of rotatable bonds is 2. The van der Waals surface area contributed by atoms with E-state index in [9.17, 15) is 0 Å². The van der Waals surface area contributed by atoms with E-state index in [0.29, 0.717) is 0 Å². The third-order valence-corrected chi connectivity index (χ3v) is 2.96. The quantitative estimate of drug-likeness (QED) is 0.841. The van der Waals surface area contributed by atoms with Crippen LogP contribution in [0.15, 0.2) is 54.7 Å². The van der Waals surface area contributed by atoms with Crippen molar-refractivity contribution in [3.8, 4) is 0 Å². The van der Waals surface area contributed by atoms with E-state index in [1.165, 1.54) is 11.1 Å². The third kappa shape index (κ3) is 2.62. The van der Waals surface area contributed by atoms with Crippen LogP contribution in [-0.4, -0.2) is 11.5 Å².